The van der Waals surface area contributed by atoms with Crippen molar-refractivity contribution in [3.8, 4) is 11.4 Å². The van der Waals surface area contributed by atoms with E-state index in [4.69, 9.17) is 9.26 Å². The van der Waals surface area contributed by atoms with Gasteiger partial charge in [0.2, 0.25) is 5.82 Å². The highest BCUT2D eigenvalue weighted by Crippen LogP contribution is 2.17. The zero-order chi connectivity index (χ0) is 17.8. The van der Waals surface area contributed by atoms with Crippen LogP contribution >= 0.6 is 0 Å². The molecule has 0 radical (unpaired) electrons. The van der Waals surface area contributed by atoms with Crippen LogP contribution in [0.3, 0.4) is 0 Å². The van der Waals surface area contributed by atoms with Gasteiger partial charge in [-0.15, -0.1) is 0 Å². The van der Waals surface area contributed by atoms with Crippen LogP contribution in [0.1, 0.15) is 21.8 Å². The van der Waals surface area contributed by atoms with E-state index in [9.17, 15) is 4.79 Å². The Labute approximate surface area is 146 Å². The third kappa shape index (κ3) is 4.03. The molecule has 25 heavy (non-hydrogen) atoms. The Morgan fingerprint density at radius 2 is 1.76 bits per heavy atom. The van der Waals surface area contributed by atoms with Crippen molar-refractivity contribution in [1.29, 1.82) is 0 Å². The van der Waals surface area contributed by atoms with Crippen LogP contribution in [0.4, 0.5) is 5.69 Å². The zero-order valence-corrected chi connectivity index (χ0v) is 14.4. The molecular weight excluding hydrogens is 318 g/mol. The SMILES string of the molecule is Cc1ccc(-c2noc(COC(=O)c3ccc(N(C)C)cc3)n2)cc1. The first kappa shape index (κ1) is 16.7. The number of hydrogen-bond donors (Lipinski definition) is 0. The van der Waals surface area contributed by atoms with Crippen molar-refractivity contribution in [3.63, 3.8) is 0 Å². The predicted octanol–water partition coefficient (Wildman–Crippen LogP) is 3.47. The smallest absolute Gasteiger partial charge is 0.338 e. The van der Waals surface area contributed by atoms with Gasteiger partial charge >= 0.3 is 5.97 Å². The fraction of sp³-hybridized carbons (Fsp3) is 0.211. The minimum atomic E-state index is -0.430. The lowest BCUT2D eigenvalue weighted by molar-refractivity contribution is 0.0430. The highest BCUT2D eigenvalue weighted by Gasteiger charge is 2.12. The lowest BCUT2D eigenvalue weighted by Gasteiger charge is -2.12. The van der Waals surface area contributed by atoms with E-state index in [0.29, 0.717) is 11.4 Å². The second-order valence-corrected chi connectivity index (χ2v) is 5.90. The molecule has 1 heterocycles. The van der Waals surface area contributed by atoms with Gasteiger partial charge in [0.25, 0.3) is 5.89 Å². The molecule has 3 rings (SSSR count). The van der Waals surface area contributed by atoms with E-state index in [2.05, 4.69) is 10.1 Å². The molecule has 0 aliphatic heterocycles. The lowest BCUT2D eigenvalue weighted by atomic mass is 10.1. The van der Waals surface area contributed by atoms with Crippen LogP contribution in [-0.2, 0) is 11.3 Å². The lowest BCUT2D eigenvalue weighted by Crippen LogP contribution is -2.09. The van der Waals surface area contributed by atoms with Gasteiger partial charge in [-0.1, -0.05) is 35.0 Å². The van der Waals surface area contributed by atoms with E-state index in [1.165, 1.54) is 0 Å². The Morgan fingerprint density at radius 3 is 2.40 bits per heavy atom. The second-order valence-electron chi connectivity index (χ2n) is 5.90. The molecule has 0 saturated carbocycles. The highest BCUT2D eigenvalue weighted by molar-refractivity contribution is 5.89. The summed E-state index contributed by atoms with van der Waals surface area (Å²) in [4.78, 5) is 18.3. The van der Waals surface area contributed by atoms with Crippen molar-refractivity contribution in [2.45, 2.75) is 13.5 Å². The Morgan fingerprint density at radius 1 is 1.08 bits per heavy atom. The van der Waals surface area contributed by atoms with Crippen LogP contribution in [0.25, 0.3) is 11.4 Å². The molecule has 0 spiro atoms. The summed E-state index contributed by atoms with van der Waals surface area (Å²) in [5.41, 5.74) is 3.49. The molecule has 0 amide bonds. The number of carbonyl (C=O) groups excluding carboxylic acids is 1. The van der Waals surface area contributed by atoms with Crippen LogP contribution in [0.5, 0.6) is 0 Å². The standard InChI is InChI=1S/C19H19N3O3/c1-13-4-6-14(7-5-13)18-20-17(25-21-18)12-24-19(23)15-8-10-16(11-9-15)22(2)3/h4-11H,12H2,1-3H3. The minimum absolute atomic E-state index is 0.0624. The number of carbonyl (C=O) groups is 1. The van der Waals surface area contributed by atoms with Crippen LogP contribution < -0.4 is 4.90 Å². The first-order valence-electron chi connectivity index (χ1n) is 7.87. The van der Waals surface area contributed by atoms with Gasteiger partial charge in [0.05, 0.1) is 5.56 Å². The van der Waals surface area contributed by atoms with Crippen LogP contribution in [-0.4, -0.2) is 30.2 Å². The summed E-state index contributed by atoms with van der Waals surface area (Å²) >= 11 is 0. The van der Waals surface area contributed by atoms with Gasteiger partial charge < -0.3 is 14.2 Å². The van der Waals surface area contributed by atoms with Crippen LogP contribution in [0, 0.1) is 6.92 Å². The summed E-state index contributed by atoms with van der Waals surface area (Å²) < 4.78 is 10.4. The van der Waals surface area contributed by atoms with Crippen molar-refractivity contribution < 1.29 is 14.1 Å². The third-order valence-corrected chi connectivity index (χ3v) is 3.72. The van der Waals surface area contributed by atoms with Gasteiger partial charge in [-0.3, -0.25) is 0 Å². The maximum absolute atomic E-state index is 12.1. The average molecular weight is 337 g/mol. The van der Waals surface area contributed by atoms with Gasteiger partial charge in [0.15, 0.2) is 6.61 Å². The number of aryl methyl sites for hydroxylation is 1. The largest absolute Gasteiger partial charge is 0.452 e. The molecule has 3 aromatic rings. The monoisotopic (exact) mass is 337 g/mol. The maximum Gasteiger partial charge on any atom is 0.338 e. The van der Waals surface area contributed by atoms with E-state index in [-0.39, 0.29) is 12.5 Å². The molecule has 0 unspecified atom stereocenters. The zero-order valence-electron chi connectivity index (χ0n) is 14.4. The van der Waals surface area contributed by atoms with Gasteiger partial charge in [-0.05, 0) is 31.2 Å². The number of nitrogens with zero attached hydrogens (tertiary/aromatic N) is 3. The molecule has 128 valence electrons. The third-order valence-electron chi connectivity index (χ3n) is 3.72. The van der Waals surface area contributed by atoms with Crippen molar-refractivity contribution >= 4 is 11.7 Å². The van der Waals surface area contributed by atoms with Crippen molar-refractivity contribution in [2.24, 2.45) is 0 Å². The number of anilines is 1. The van der Waals surface area contributed by atoms with Crippen molar-refractivity contribution in [1.82, 2.24) is 10.1 Å². The summed E-state index contributed by atoms with van der Waals surface area (Å²) in [6, 6.07) is 15.0. The molecule has 6 heteroatoms. The van der Waals surface area contributed by atoms with Crippen LogP contribution in [0.15, 0.2) is 53.1 Å². The molecule has 0 aliphatic rings. The number of ether oxygens (including phenoxy) is 1. The molecule has 1 aromatic heterocycles. The van der Waals surface area contributed by atoms with Crippen molar-refractivity contribution in [3.05, 3.63) is 65.5 Å². The Kier molecular flexibility index (Phi) is 4.79. The summed E-state index contributed by atoms with van der Waals surface area (Å²) in [6.45, 7) is 1.95. The quantitative estimate of drug-likeness (QED) is 0.664. The Bertz CT molecular complexity index is 852. The van der Waals surface area contributed by atoms with E-state index in [1.54, 1.807) is 12.1 Å². The van der Waals surface area contributed by atoms with Gasteiger partial charge in [-0.25, -0.2) is 4.79 Å². The molecule has 6 nitrogen and oxygen atoms in total. The van der Waals surface area contributed by atoms with E-state index in [0.717, 1.165) is 16.8 Å². The molecule has 0 saturated heterocycles. The molecule has 2 aromatic carbocycles. The Balaban J connectivity index is 1.61. The van der Waals surface area contributed by atoms with Crippen LogP contribution in [0.2, 0.25) is 0 Å². The maximum atomic E-state index is 12.1. The van der Waals surface area contributed by atoms with Gasteiger partial charge in [0.1, 0.15) is 0 Å². The number of benzene rings is 2. The average Bonchev–Trinajstić information content (AvgIpc) is 3.09. The topological polar surface area (TPSA) is 68.5 Å². The Hall–Kier alpha value is -3.15. The van der Waals surface area contributed by atoms with Crippen molar-refractivity contribution in [2.75, 3.05) is 19.0 Å². The summed E-state index contributed by atoms with van der Waals surface area (Å²) in [5, 5.41) is 3.91. The van der Waals surface area contributed by atoms with Gasteiger partial charge in [-0.2, -0.15) is 4.98 Å². The highest BCUT2D eigenvalue weighted by atomic mass is 16.6. The first-order chi connectivity index (χ1) is 12.0. The minimum Gasteiger partial charge on any atom is -0.452 e. The molecular formula is C19H19N3O3. The normalized spacial score (nSPS) is 10.5. The molecule has 0 bridgehead atoms. The number of hydrogen-bond acceptors (Lipinski definition) is 6. The number of rotatable bonds is 5. The molecule has 0 aliphatic carbocycles. The fourth-order valence-corrected chi connectivity index (χ4v) is 2.24. The first-order valence-corrected chi connectivity index (χ1v) is 7.87. The summed E-state index contributed by atoms with van der Waals surface area (Å²) in [7, 11) is 3.88. The molecule has 0 fully saturated rings. The van der Waals surface area contributed by atoms with E-state index >= 15 is 0 Å². The molecule has 0 N–H and O–H groups in total. The second kappa shape index (κ2) is 7.17. The predicted molar refractivity (Wildman–Crippen MR) is 94.4 cm³/mol. The van der Waals surface area contributed by atoms with E-state index < -0.39 is 5.97 Å². The number of aromatic nitrogens is 2. The summed E-state index contributed by atoms with van der Waals surface area (Å²) in [5.74, 6) is 0.301. The summed E-state index contributed by atoms with van der Waals surface area (Å²) in [6.07, 6.45) is 0. The fourth-order valence-electron chi connectivity index (χ4n) is 2.24. The molecule has 0 atom stereocenters. The number of esters is 1. The van der Waals surface area contributed by atoms with E-state index in [1.807, 2.05) is 62.3 Å². The van der Waals surface area contributed by atoms with Gasteiger partial charge in [0, 0.05) is 25.3 Å².